The van der Waals surface area contributed by atoms with Gasteiger partial charge in [0, 0.05) is 0 Å². The van der Waals surface area contributed by atoms with Crippen LogP contribution in [-0.4, -0.2) is 385 Å². The van der Waals surface area contributed by atoms with Crippen LogP contribution < -0.4 is 10.6 Å². The van der Waals surface area contributed by atoms with Crippen LogP contribution in [0.5, 0.6) is 0 Å². The highest BCUT2D eigenvalue weighted by Gasteiger charge is 2.75. The highest BCUT2D eigenvalue weighted by atomic mass is 16.3. The Balaban J connectivity index is 0.738. The Kier molecular flexibility index (Phi) is 6.79. The second kappa shape index (κ2) is 12.9. The summed E-state index contributed by atoms with van der Waals surface area (Å²) >= 11 is 0. The summed E-state index contributed by atoms with van der Waals surface area (Å²) in [4.78, 5) is 245. The van der Waals surface area contributed by atoms with Crippen molar-refractivity contribution < 1.29 is 67.1 Å². The monoisotopic (exact) mass is 1150 g/mol. The molecule has 14 atom stereocenters. The van der Waals surface area contributed by atoms with Gasteiger partial charge >= 0.3 is 84.4 Å². The quantitative estimate of drug-likeness (QED) is 0.228. The molecule has 0 saturated carbocycles. The molecule has 0 aromatic carbocycles. The molecule has 430 valence electrons. The van der Waals surface area contributed by atoms with Gasteiger partial charge in [-0.2, -0.15) is 0 Å². The Bertz CT molecular complexity index is 3260. The summed E-state index contributed by atoms with van der Waals surface area (Å²) in [6.45, 7) is -6.64. The molecule has 0 aromatic rings. The number of nitrogens with one attached hydrogen (secondary N) is 2. The first-order chi connectivity index (χ1) is 40.0. The fourth-order valence-electron chi connectivity index (χ4n) is 17.8. The first-order valence-corrected chi connectivity index (χ1v) is 27.0. The van der Waals surface area contributed by atoms with Gasteiger partial charge in [0.25, 0.3) is 0 Å². The molecule has 0 aromatic heterocycles. The number of carbonyl (C=O) groups excluding carboxylic acids is 14. The predicted molar refractivity (Wildman–Crippen MR) is 246 cm³/mol. The summed E-state index contributed by atoms with van der Waals surface area (Å²) in [5.41, 5.74) is 0. The van der Waals surface area contributed by atoms with Crippen LogP contribution >= 0.6 is 0 Å². The maximum atomic E-state index is 15.3. The summed E-state index contributed by atoms with van der Waals surface area (Å²) in [6.07, 6.45) is -17.1. The molecule has 21 saturated heterocycles. The van der Waals surface area contributed by atoms with Gasteiger partial charge in [-0.15, -0.1) is 0 Å². The average molecular weight is 1150 g/mol. The molecule has 14 bridgehead atoms. The molecule has 42 nitrogen and oxygen atoms in total. The zero-order valence-electron chi connectivity index (χ0n) is 42.6. The standard InChI is InChI=1S/C41H42N28O14/c70-28-42-14-16-46(28)2-50-18-20-54(32(50)74)6-58-22-24-62(36(58)78)10-66-26-27-67(40(66)82)11-63-25-23-59(37(63)79)7-55-21-19-51(33(55)75)3-47-17-15(43-29(47)71)45-1-44(14)30(72)48(16)4-52(18)34(76)56(20)8-60(22)38(80)64(24)12-68(26)41(83)69(27)13-65(25)39(81)61(23)9-57(21)35(77)53(19)5-49(17)31(45)73/h14-27H,1-13H2,(H,42,70)(H,43,71). The van der Waals surface area contributed by atoms with Gasteiger partial charge in [-0.25, -0.2) is 67.1 Å². The Morgan fingerprint density at radius 2 is 0.289 bits per heavy atom. The van der Waals surface area contributed by atoms with Gasteiger partial charge in [0.15, 0.2) is 74.0 Å². The normalized spacial score (nSPS) is 40.0. The van der Waals surface area contributed by atoms with Crippen molar-refractivity contribution in [2.75, 3.05) is 86.7 Å². The third kappa shape index (κ3) is 4.28. The molecule has 14 unspecified atom stereocenters. The number of urea groups is 14. The lowest BCUT2D eigenvalue weighted by atomic mass is 10.3. The number of hydrogen-bond donors (Lipinski definition) is 2. The van der Waals surface area contributed by atoms with Gasteiger partial charge in [-0.3, -0.25) is 127 Å². The Morgan fingerprint density at radius 1 is 0.169 bits per heavy atom. The van der Waals surface area contributed by atoms with Crippen molar-refractivity contribution in [3.8, 4) is 0 Å². The molecule has 83 heavy (non-hydrogen) atoms. The molecular formula is C41H42N28O14. The molecule has 2 N–H and O–H groups in total. The molecule has 42 heteroatoms. The highest BCUT2D eigenvalue weighted by Crippen LogP contribution is 2.51. The zero-order chi connectivity index (χ0) is 55.8. The molecule has 21 heterocycles. The third-order valence-electron chi connectivity index (χ3n) is 21.2. The topological polar surface area (TPSA) is 347 Å². The van der Waals surface area contributed by atoms with Gasteiger partial charge in [-0.05, 0) is 0 Å². The van der Waals surface area contributed by atoms with Crippen molar-refractivity contribution in [3.63, 3.8) is 0 Å². The van der Waals surface area contributed by atoms with E-state index in [0.29, 0.717) is 0 Å². The van der Waals surface area contributed by atoms with Crippen molar-refractivity contribution in [1.82, 2.24) is 138 Å². The molecule has 21 aliphatic rings. The van der Waals surface area contributed by atoms with Crippen LogP contribution in [0.1, 0.15) is 0 Å². The summed E-state index contributed by atoms with van der Waals surface area (Å²) < 4.78 is 0. The van der Waals surface area contributed by atoms with Crippen LogP contribution in [0, 0.1) is 0 Å². The molecule has 21 rings (SSSR count). The van der Waals surface area contributed by atoms with E-state index in [2.05, 4.69) is 10.6 Å². The van der Waals surface area contributed by atoms with Crippen LogP contribution in [0.4, 0.5) is 67.1 Å². The van der Waals surface area contributed by atoms with E-state index in [1.807, 2.05) is 0 Å². The van der Waals surface area contributed by atoms with Crippen LogP contribution in [0.3, 0.4) is 0 Å². The number of amides is 28. The average Bonchev–Trinajstić information content (AvgIpc) is 1.61. The van der Waals surface area contributed by atoms with E-state index < -0.39 is 257 Å². The van der Waals surface area contributed by atoms with E-state index >= 15 is 57.5 Å². The SMILES string of the molecule is O=C1NC2C3N1CN1C(=O)N4CN5C(=O)N6CN7C(=O)N8CN9C(=O)N%10CN%11C(=O)N%12CN%13C(=O)NC%14C%13N%13CN%15C(=O)N(CN%16C(=O)N(CN%17C(=O)N(CN%18C(=O)N(CN%19C(=O)N(CN3C(=O)N2CN%14C%13=O)C1C4%19)C5C6%18)C7C8%17)C9C%10%16)C%11C%12%15. The zero-order valence-corrected chi connectivity index (χ0v) is 42.6. The number of carbonyl (C=O) groups is 14. The minimum Gasteiger partial charge on any atom is -0.314 e. The van der Waals surface area contributed by atoms with Gasteiger partial charge in [0.2, 0.25) is 0 Å². The van der Waals surface area contributed by atoms with E-state index in [4.69, 9.17) is 0 Å². The van der Waals surface area contributed by atoms with Gasteiger partial charge in [-0.1, -0.05) is 0 Å². The van der Waals surface area contributed by atoms with Gasteiger partial charge < -0.3 is 10.6 Å². The van der Waals surface area contributed by atoms with E-state index in [-0.39, 0.29) is 0 Å². The lowest BCUT2D eigenvalue weighted by Gasteiger charge is -2.42. The van der Waals surface area contributed by atoms with Crippen LogP contribution in [0.2, 0.25) is 0 Å². The largest absolute Gasteiger partial charge is 0.326 e. The van der Waals surface area contributed by atoms with E-state index in [0.717, 1.165) is 0 Å². The van der Waals surface area contributed by atoms with Crippen molar-refractivity contribution in [1.29, 1.82) is 0 Å². The van der Waals surface area contributed by atoms with Crippen LogP contribution in [0.15, 0.2) is 0 Å². The number of nitrogens with zero attached hydrogens (tertiary/aromatic N) is 26. The highest BCUT2D eigenvalue weighted by molar-refractivity contribution is 5.95. The van der Waals surface area contributed by atoms with E-state index in [1.54, 1.807) is 0 Å². The summed E-state index contributed by atoms with van der Waals surface area (Å²) in [5.74, 6) is 0. The minimum absolute atomic E-state index is 0.480. The lowest BCUT2D eigenvalue weighted by molar-refractivity contribution is -0.0191. The minimum atomic E-state index is -1.23. The summed E-state index contributed by atoms with van der Waals surface area (Å²) in [7, 11) is 0. The van der Waals surface area contributed by atoms with Gasteiger partial charge in [0.1, 0.15) is 99.0 Å². The van der Waals surface area contributed by atoms with Crippen molar-refractivity contribution in [3.05, 3.63) is 0 Å². The smallest absolute Gasteiger partial charge is 0.314 e. The third-order valence-corrected chi connectivity index (χ3v) is 21.2. The summed E-state index contributed by atoms with van der Waals surface area (Å²) in [5, 5.41) is 5.65. The number of rotatable bonds is 0. The second-order valence-electron chi connectivity index (χ2n) is 24.2. The Hall–Kier alpha value is -10.2. The molecule has 21 fully saturated rings. The molecule has 0 spiro atoms. The molecule has 0 radical (unpaired) electrons. The van der Waals surface area contributed by atoms with E-state index in [1.165, 1.54) is 127 Å². The molecular weight excluding hydrogens is 1110 g/mol. The fraction of sp³-hybridized carbons (Fsp3) is 0.659. The lowest BCUT2D eigenvalue weighted by Crippen LogP contribution is -2.63. The second-order valence-corrected chi connectivity index (χ2v) is 24.2. The van der Waals surface area contributed by atoms with Gasteiger partial charge in [0.05, 0.1) is 0 Å². The fourth-order valence-corrected chi connectivity index (χ4v) is 17.8. The predicted octanol–water partition coefficient (Wildman–Crippen LogP) is -7.00. The maximum Gasteiger partial charge on any atom is 0.326 e. The summed E-state index contributed by atoms with van der Waals surface area (Å²) in [6, 6.07) is -10.1. The number of hydrogen-bond acceptors (Lipinski definition) is 14. The molecule has 0 aliphatic carbocycles. The molecule has 28 amide bonds. The van der Waals surface area contributed by atoms with E-state index in [9.17, 15) is 9.59 Å². The first-order valence-electron chi connectivity index (χ1n) is 27.0. The first kappa shape index (κ1) is 43.6. The van der Waals surface area contributed by atoms with Crippen LogP contribution in [-0.2, 0) is 0 Å². The van der Waals surface area contributed by atoms with Crippen molar-refractivity contribution in [2.45, 2.75) is 86.3 Å². The van der Waals surface area contributed by atoms with Crippen molar-refractivity contribution >= 4 is 84.4 Å². The Labute approximate surface area is 461 Å². The number of fused-ring (bicyclic) bond motifs is 4. The van der Waals surface area contributed by atoms with Crippen LogP contribution in [0.25, 0.3) is 0 Å². The van der Waals surface area contributed by atoms with Crippen molar-refractivity contribution in [2.24, 2.45) is 0 Å². The Morgan fingerprint density at radius 3 is 0.458 bits per heavy atom. The maximum absolute atomic E-state index is 15.3. The molecule has 21 aliphatic heterocycles.